The van der Waals surface area contributed by atoms with Crippen molar-refractivity contribution in [3.8, 4) is 11.4 Å². The number of hydrogen-bond acceptors (Lipinski definition) is 7. The Morgan fingerprint density at radius 3 is 2.43 bits per heavy atom. The second kappa shape index (κ2) is 8.19. The van der Waals surface area contributed by atoms with Gasteiger partial charge in [-0.2, -0.15) is 0 Å². The van der Waals surface area contributed by atoms with Gasteiger partial charge in [0.25, 0.3) is 11.5 Å². The van der Waals surface area contributed by atoms with E-state index in [9.17, 15) is 32.7 Å². The van der Waals surface area contributed by atoms with Gasteiger partial charge in [0.2, 0.25) is 5.91 Å². The second-order valence-corrected chi connectivity index (χ2v) is 12.3. The maximum Gasteiger partial charge on any atom is 0.343 e. The molecule has 3 aromatic rings. The van der Waals surface area contributed by atoms with Crippen molar-refractivity contribution in [1.82, 2.24) is 9.55 Å². The summed E-state index contributed by atoms with van der Waals surface area (Å²) in [7, 11) is 0. The third-order valence-electron chi connectivity index (χ3n) is 10.2. The Hall–Kier alpha value is -3.77. The molecule has 5 N–H and O–H groups in total. The van der Waals surface area contributed by atoms with E-state index in [0.717, 1.165) is 41.3 Å². The number of benzene rings is 1. The first-order chi connectivity index (χ1) is 19.7. The number of hydrogen-bond donors (Lipinski definition) is 3. The summed E-state index contributed by atoms with van der Waals surface area (Å²) < 4.78 is 47.1. The smallest absolute Gasteiger partial charge is 0.343 e. The van der Waals surface area contributed by atoms with E-state index in [-0.39, 0.29) is 37.2 Å². The van der Waals surface area contributed by atoms with Crippen molar-refractivity contribution >= 4 is 22.8 Å². The quantitative estimate of drug-likeness (QED) is 0.308. The van der Waals surface area contributed by atoms with E-state index in [1.807, 2.05) is 6.92 Å². The van der Waals surface area contributed by atoms with Crippen LogP contribution in [0, 0.1) is 18.2 Å². The molecular formula is C30H29F3N4O5. The highest BCUT2D eigenvalue weighted by atomic mass is 19.3. The molecule has 2 aromatic heterocycles. The zero-order valence-corrected chi connectivity index (χ0v) is 23.1. The SMILES string of the molecule is CCC1(O)C(=O)OCc2c1cc1n(c2=O)Cc2c-1nc1cc(F)c(C)c3c1c2CCC3.NC(=O)C12CC(N)(C1)C2(F)F. The van der Waals surface area contributed by atoms with E-state index in [0.29, 0.717) is 40.1 Å². The van der Waals surface area contributed by atoms with Crippen LogP contribution in [0.3, 0.4) is 0 Å². The zero-order valence-electron chi connectivity index (χ0n) is 23.1. The Labute approximate surface area is 237 Å². The monoisotopic (exact) mass is 582 g/mol. The summed E-state index contributed by atoms with van der Waals surface area (Å²) >= 11 is 0. The standard InChI is InChI=1S/C24H21FN2O4.C6H8F2N2O/c1-3-24(30)16-7-19-21-14(9-27(19)22(28)15(16)10-31-23(24)29)13-6-4-5-12-11(2)17(25)8-18(26-21)20(12)13;7-6(8)4(3(9)11)1-5(6,10)2-4/h7-8,30H,3-6,9-10H2,1-2H3;1-2,10H2,(H2,9,11). The van der Waals surface area contributed by atoms with E-state index >= 15 is 0 Å². The lowest BCUT2D eigenvalue weighted by atomic mass is 9.36. The normalized spacial score (nSPS) is 28.8. The number of cyclic esters (lactones) is 1. The summed E-state index contributed by atoms with van der Waals surface area (Å²) in [5.74, 6) is -5.00. The fourth-order valence-corrected chi connectivity index (χ4v) is 7.58. The number of aryl methyl sites for hydroxylation is 2. The first-order valence-electron chi connectivity index (χ1n) is 14.0. The molecule has 0 radical (unpaired) electrons. The number of alkyl halides is 2. The van der Waals surface area contributed by atoms with E-state index in [1.54, 1.807) is 17.6 Å². The predicted molar refractivity (Wildman–Crippen MR) is 144 cm³/mol. The molecule has 3 saturated carbocycles. The molecule has 6 aliphatic rings. The number of amides is 1. The predicted octanol–water partition coefficient (Wildman–Crippen LogP) is 2.61. The van der Waals surface area contributed by atoms with Crippen LogP contribution >= 0.6 is 0 Å². The number of fused-ring (bicyclic) bond motifs is 5. The Morgan fingerprint density at radius 1 is 1.14 bits per heavy atom. The van der Waals surface area contributed by atoms with Gasteiger partial charge in [0.1, 0.15) is 17.8 Å². The van der Waals surface area contributed by atoms with Gasteiger partial charge in [0.15, 0.2) is 5.60 Å². The van der Waals surface area contributed by atoms with Gasteiger partial charge in [-0.15, -0.1) is 0 Å². The van der Waals surface area contributed by atoms with Crippen LogP contribution in [0.5, 0.6) is 0 Å². The molecule has 3 fully saturated rings. The fraction of sp³-hybridized carbons (Fsp3) is 0.467. The number of aromatic nitrogens is 2. The van der Waals surface area contributed by atoms with Crippen molar-refractivity contribution in [2.75, 3.05) is 0 Å². The molecule has 1 unspecified atom stereocenters. The van der Waals surface area contributed by atoms with Gasteiger partial charge < -0.3 is 25.9 Å². The number of carbonyl (C=O) groups is 2. The number of aliphatic hydroxyl groups is 1. The van der Waals surface area contributed by atoms with Gasteiger partial charge in [-0.25, -0.2) is 22.9 Å². The van der Waals surface area contributed by atoms with Gasteiger partial charge in [-0.3, -0.25) is 9.59 Å². The molecule has 1 amide bonds. The molecule has 12 heteroatoms. The molecule has 9 rings (SSSR count). The van der Waals surface area contributed by atoms with Crippen LogP contribution in [-0.2, 0) is 45.9 Å². The molecule has 1 atom stereocenters. The van der Waals surface area contributed by atoms with Crippen molar-refractivity contribution in [2.24, 2.45) is 16.9 Å². The largest absolute Gasteiger partial charge is 0.458 e. The molecule has 4 aliphatic carbocycles. The molecule has 9 nitrogen and oxygen atoms in total. The van der Waals surface area contributed by atoms with Crippen LogP contribution in [-0.4, -0.2) is 38.0 Å². The van der Waals surface area contributed by atoms with E-state index in [1.165, 1.54) is 6.07 Å². The minimum absolute atomic E-state index is 0.0440. The Balaban J connectivity index is 0.000000220. The molecule has 4 heterocycles. The third kappa shape index (κ3) is 3.01. The van der Waals surface area contributed by atoms with Crippen LogP contribution < -0.4 is 17.0 Å². The number of primary amides is 1. The lowest BCUT2D eigenvalue weighted by molar-refractivity contribution is -0.341. The number of pyridine rings is 2. The van der Waals surface area contributed by atoms with Gasteiger partial charge in [-0.05, 0) is 68.2 Å². The van der Waals surface area contributed by atoms with Crippen molar-refractivity contribution in [3.05, 3.63) is 61.7 Å². The van der Waals surface area contributed by atoms with Crippen LogP contribution in [0.4, 0.5) is 13.2 Å². The number of halogens is 3. The number of nitrogens with two attached hydrogens (primary N) is 2. The minimum atomic E-state index is -3.06. The van der Waals surface area contributed by atoms with E-state index in [2.05, 4.69) is 0 Å². The van der Waals surface area contributed by atoms with Crippen LogP contribution in [0.15, 0.2) is 16.9 Å². The molecule has 42 heavy (non-hydrogen) atoms. The topological polar surface area (TPSA) is 151 Å². The molecule has 0 saturated heterocycles. The molecule has 1 aromatic carbocycles. The zero-order chi connectivity index (χ0) is 30.1. The lowest BCUT2D eigenvalue weighted by Crippen LogP contribution is -2.90. The highest BCUT2D eigenvalue weighted by Gasteiger charge is 2.89. The summed E-state index contributed by atoms with van der Waals surface area (Å²) in [6.07, 6.45) is 2.77. The number of nitrogens with zero attached hydrogens (tertiary/aromatic N) is 2. The minimum Gasteiger partial charge on any atom is -0.458 e. The van der Waals surface area contributed by atoms with Gasteiger partial charge >= 0.3 is 5.97 Å². The van der Waals surface area contributed by atoms with Crippen LogP contribution in [0.2, 0.25) is 0 Å². The Kier molecular flexibility index (Phi) is 5.28. The van der Waals surface area contributed by atoms with Crippen LogP contribution in [0.1, 0.15) is 66.0 Å². The fourth-order valence-electron chi connectivity index (χ4n) is 7.58. The summed E-state index contributed by atoms with van der Waals surface area (Å²) in [4.78, 5) is 41.0. The maximum atomic E-state index is 14.6. The third-order valence-corrected chi connectivity index (χ3v) is 10.2. The van der Waals surface area contributed by atoms with Gasteiger partial charge in [-0.1, -0.05) is 6.92 Å². The highest BCUT2D eigenvalue weighted by molar-refractivity contribution is 5.93. The van der Waals surface area contributed by atoms with E-state index in [4.69, 9.17) is 21.2 Å². The van der Waals surface area contributed by atoms with Crippen molar-refractivity contribution in [2.45, 2.75) is 82.6 Å². The summed E-state index contributed by atoms with van der Waals surface area (Å²) in [6, 6.07) is 3.18. The first-order valence-corrected chi connectivity index (χ1v) is 14.0. The molecule has 2 aliphatic heterocycles. The van der Waals surface area contributed by atoms with Gasteiger partial charge in [0.05, 0.1) is 34.6 Å². The summed E-state index contributed by atoms with van der Waals surface area (Å²) in [6.45, 7) is 3.71. The Bertz CT molecular complexity index is 1850. The number of carbonyl (C=O) groups excluding carboxylic acids is 2. The molecule has 2 bridgehead atoms. The maximum absolute atomic E-state index is 14.6. The van der Waals surface area contributed by atoms with Crippen molar-refractivity contribution < 1.29 is 32.6 Å². The summed E-state index contributed by atoms with van der Waals surface area (Å²) in [5.41, 5.74) is 11.1. The number of ether oxygens (including phenoxy) is 1. The van der Waals surface area contributed by atoms with Crippen molar-refractivity contribution in [3.63, 3.8) is 0 Å². The second-order valence-electron chi connectivity index (χ2n) is 12.3. The average molecular weight is 583 g/mol. The van der Waals surface area contributed by atoms with E-state index < -0.39 is 34.4 Å². The first kappa shape index (κ1) is 27.1. The van der Waals surface area contributed by atoms with Gasteiger partial charge in [0, 0.05) is 22.6 Å². The highest BCUT2D eigenvalue weighted by Crippen LogP contribution is 2.74. The molecular weight excluding hydrogens is 553 g/mol. The lowest BCUT2D eigenvalue weighted by Gasteiger charge is -2.71. The Morgan fingerprint density at radius 2 is 1.83 bits per heavy atom. The number of esters is 1. The summed E-state index contributed by atoms with van der Waals surface area (Å²) in [5, 5.41) is 12.0. The average Bonchev–Trinajstić information content (AvgIpc) is 3.31. The molecule has 220 valence electrons. The molecule has 0 spiro atoms. The van der Waals surface area contributed by atoms with Crippen LogP contribution in [0.25, 0.3) is 22.3 Å². The number of rotatable bonds is 2. The van der Waals surface area contributed by atoms with Crippen molar-refractivity contribution in [1.29, 1.82) is 0 Å².